The van der Waals surface area contributed by atoms with Gasteiger partial charge in [0.15, 0.2) is 0 Å². The van der Waals surface area contributed by atoms with Gasteiger partial charge in [-0.05, 0) is 49.2 Å². The molecule has 0 bridgehead atoms. The van der Waals surface area contributed by atoms with Crippen LogP contribution in [-0.4, -0.2) is 11.1 Å². The van der Waals surface area contributed by atoms with Crippen molar-refractivity contribution in [2.24, 2.45) is 0 Å². The third-order valence-corrected chi connectivity index (χ3v) is 2.80. The maximum Gasteiger partial charge on any atom is 0.339 e. The van der Waals surface area contributed by atoms with Gasteiger partial charge in [0, 0.05) is 5.69 Å². The number of hydrogen-bond donors (Lipinski definition) is 2. The van der Waals surface area contributed by atoms with Crippen LogP contribution in [0.3, 0.4) is 0 Å². The Labute approximate surface area is 111 Å². The predicted octanol–water partition coefficient (Wildman–Crippen LogP) is 3.38. The molecule has 0 aliphatic carbocycles. The van der Waals surface area contributed by atoms with E-state index in [4.69, 9.17) is 15.6 Å². The first-order valence-corrected chi connectivity index (χ1v) is 5.85. The highest BCUT2D eigenvalue weighted by molar-refractivity contribution is 5.92. The number of aromatic carboxylic acids is 1. The summed E-state index contributed by atoms with van der Waals surface area (Å²) in [5.74, 6) is -0.129. The molecular formula is C15H15NO3. The summed E-state index contributed by atoms with van der Waals surface area (Å²) in [5, 5.41) is 9.16. The maximum atomic E-state index is 11.2. The van der Waals surface area contributed by atoms with E-state index in [1.807, 2.05) is 32.0 Å². The van der Waals surface area contributed by atoms with Crippen LogP contribution in [0, 0.1) is 13.8 Å². The van der Waals surface area contributed by atoms with Gasteiger partial charge < -0.3 is 15.6 Å². The number of carboxylic acid groups (broad SMARTS) is 1. The number of carbonyl (C=O) groups is 1. The molecule has 0 saturated heterocycles. The molecule has 0 amide bonds. The second kappa shape index (κ2) is 5.02. The lowest BCUT2D eigenvalue weighted by molar-refractivity contribution is 0.0694. The van der Waals surface area contributed by atoms with E-state index in [9.17, 15) is 4.79 Å². The first-order chi connectivity index (χ1) is 8.97. The number of nitrogens with two attached hydrogens (primary N) is 1. The van der Waals surface area contributed by atoms with Gasteiger partial charge in [-0.1, -0.05) is 12.1 Å². The van der Waals surface area contributed by atoms with Crippen molar-refractivity contribution in [1.82, 2.24) is 0 Å². The Balaban J connectivity index is 2.43. The highest BCUT2D eigenvalue weighted by atomic mass is 16.5. The highest BCUT2D eigenvalue weighted by Gasteiger charge is 2.13. The average Bonchev–Trinajstić information content (AvgIpc) is 2.35. The second-order valence-electron chi connectivity index (χ2n) is 4.43. The molecule has 0 atom stereocenters. The number of nitrogen functional groups attached to an aromatic ring is 1. The molecule has 0 aromatic heterocycles. The molecule has 0 saturated carbocycles. The normalized spacial score (nSPS) is 10.2. The van der Waals surface area contributed by atoms with Crippen LogP contribution >= 0.6 is 0 Å². The molecule has 2 rings (SSSR count). The van der Waals surface area contributed by atoms with E-state index in [1.54, 1.807) is 12.1 Å². The van der Waals surface area contributed by atoms with Crippen molar-refractivity contribution < 1.29 is 14.6 Å². The van der Waals surface area contributed by atoms with Gasteiger partial charge in [0.25, 0.3) is 0 Å². The zero-order chi connectivity index (χ0) is 14.0. The lowest BCUT2D eigenvalue weighted by atomic mass is 10.1. The zero-order valence-electron chi connectivity index (χ0n) is 10.8. The zero-order valence-corrected chi connectivity index (χ0v) is 10.8. The van der Waals surface area contributed by atoms with Crippen molar-refractivity contribution in [2.75, 3.05) is 5.73 Å². The van der Waals surface area contributed by atoms with Crippen LogP contribution in [0.5, 0.6) is 11.5 Å². The molecule has 0 radical (unpaired) electrons. The van der Waals surface area contributed by atoms with Crippen LogP contribution < -0.4 is 10.5 Å². The van der Waals surface area contributed by atoms with E-state index >= 15 is 0 Å². The quantitative estimate of drug-likeness (QED) is 0.827. The van der Waals surface area contributed by atoms with Crippen LogP contribution in [0.15, 0.2) is 36.4 Å². The monoisotopic (exact) mass is 257 g/mol. The molecule has 0 aliphatic heterocycles. The fraction of sp³-hybridized carbons (Fsp3) is 0.133. The summed E-state index contributed by atoms with van der Waals surface area (Å²) >= 11 is 0. The standard InChI is InChI=1S/C15H15NO3/c1-9-3-4-10(2)14(7-9)19-13-6-5-11(16)8-12(13)15(17)18/h3-8H,16H2,1-2H3,(H,17,18). The molecule has 3 N–H and O–H groups in total. The first kappa shape index (κ1) is 13.0. The minimum atomic E-state index is -1.06. The van der Waals surface area contributed by atoms with Crippen molar-refractivity contribution in [1.29, 1.82) is 0 Å². The Morgan fingerprint density at radius 1 is 1.11 bits per heavy atom. The van der Waals surface area contributed by atoms with Gasteiger partial charge in [-0.25, -0.2) is 4.79 Å². The van der Waals surface area contributed by atoms with Crippen molar-refractivity contribution in [3.8, 4) is 11.5 Å². The van der Waals surface area contributed by atoms with Gasteiger partial charge in [0.2, 0.25) is 0 Å². The van der Waals surface area contributed by atoms with Crippen molar-refractivity contribution in [2.45, 2.75) is 13.8 Å². The molecular weight excluding hydrogens is 242 g/mol. The Kier molecular flexibility index (Phi) is 3.42. The predicted molar refractivity (Wildman–Crippen MR) is 73.8 cm³/mol. The van der Waals surface area contributed by atoms with E-state index in [0.29, 0.717) is 11.4 Å². The SMILES string of the molecule is Cc1ccc(C)c(Oc2ccc(N)cc2C(=O)O)c1. The third-order valence-electron chi connectivity index (χ3n) is 2.80. The summed E-state index contributed by atoms with van der Waals surface area (Å²) in [6.07, 6.45) is 0. The molecule has 19 heavy (non-hydrogen) atoms. The number of carboxylic acids is 1. The fourth-order valence-electron chi connectivity index (χ4n) is 1.74. The molecule has 0 aliphatic rings. The summed E-state index contributed by atoms with van der Waals surface area (Å²) in [6.45, 7) is 3.86. The smallest absolute Gasteiger partial charge is 0.339 e. The summed E-state index contributed by atoms with van der Waals surface area (Å²) in [7, 11) is 0. The van der Waals surface area contributed by atoms with E-state index in [0.717, 1.165) is 11.1 Å². The molecule has 4 nitrogen and oxygen atoms in total. The summed E-state index contributed by atoms with van der Waals surface area (Å²) in [6, 6.07) is 10.4. The van der Waals surface area contributed by atoms with Gasteiger partial charge in [0.05, 0.1) is 0 Å². The molecule has 2 aromatic rings. The Hall–Kier alpha value is -2.49. The summed E-state index contributed by atoms with van der Waals surface area (Å²) in [5.41, 5.74) is 8.04. The topological polar surface area (TPSA) is 72.5 Å². The average molecular weight is 257 g/mol. The molecule has 0 fully saturated rings. The lowest BCUT2D eigenvalue weighted by Crippen LogP contribution is -2.02. The minimum absolute atomic E-state index is 0.0564. The molecule has 4 heteroatoms. The third kappa shape index (κ3) is 2.85. The van der Waals surface area contributed by atoms with Crippen molar-refractivity contribution in [3.63, 3.8) is 0 Å². The molecule has 98 valence electrons. The van der Waals surface area contributed by atoms with Gasteiger partial charge in [-0.2, -0.15) is 0 Å². The second-order valence-corrected chi connectivity index (χ2v) is 4.43. The van der Waals surface area contributed by atoms with E-state index < -0.39 is 5.97 Å². The molecule has 0 heterocycles. The van der Waals surface area contributed by atoms with E-state index in [-0.39, 0.29) is 11.3 Å². The van der Waals surface area contributed by atoms with E-state index in [1.165, 1.54) is 6.07 Å². The van der Waals surface area contributed by atoms with Crippen molar-refractivity contribution >= 4 is 11.7 Å². The maximum absolute atomic E-state index is 11.2. The minimum Gasteiger partial charge on any atom is -0.478 e. The van der Waals surface area contributed by atoms with Crippen LogP contribution in [0.2, 0.25) is 0 Å². The van der Waals surface area contributed by atoms with Gasteiger partial charge in [-0.3, -0.25) is 0 Å². The first-order valence-electron chi connectivity index (χ1n) is 5.85. The van der Waals surface area contributed by atoms with Crippen LogP contribution in [0.1, 0.15) is 21.5 Å². The number of benzene rings is 2. The Morgan fingerprint density at radius 2 is 1.84 bits per heavy atom. The number of rotatable bonds is 3. The van der Waals surface area contributed by atoms with Gasteiger partial charge in [0.1, 0.15) is 17.1 Å². The van der Waals surface area contributed by atoms with Crippen molar-refractivity contribution in [3.05, 3.63) is 53.1 Å². The Bertz CT molecular complexity index is 635. The molecule has 0 spiro atoms. The Morgan fingerprint density at radius 3 is 2.53 bits per heavy atom. The number of anilines is 1. The van der Waals surface area contributed by atoms with Crippen LogP contribution in [0.25, 0.3) is 0 Å². The fourth-order valence-corrected chi connectivity index (χ4v) is 1.74. The van der Waals surface area contributed by atoms with Crippen LogP contribution in [0.4, 0.5) is 5.69 Å². The number of ether oxygens (including phenoxy) is 1. The largest absolute Gasteiger partial charge is 0.478 e. The summed E-state index contributed by atoms with van der Waals surface area (Å²) < 4.78 is 5.70. The lowest BCUT2D eigenvalue weighted by Gasteiger charge is -2.12. The van der Waals surface area contributed by atoms with Gasteiger partial charge in [-0.15, -0.1) is 0 Å². The van der Waals surface area contributed by atoms with Crippen LogP contribution in [-0.2, 0) is 0 Å². The summed E-state index contributed by atoms with van der Waals surface area (Å²) in [4.78, 5) is 11.2. The number of hydrogen-bond acceptors (Lipinski definition) is 3. The van der Waals surface area contributed by atoms with Gasteiger partial charge >= 0.3 is 5.97 Å². The molecule has 2 aromatic carbocycles. The molecule has 0 unspecified atom stereocenters. The highest BCUT2D eigenvalue weighted by Crippen LogP contribution is 2.29. The van der Waals surface area contributed by atoms with E-state index in [2.05, 4.69) is 0 Å². The number of aryl methyl sites for hydroxylation is 2.